The molecule has 0 atom stereocenters. The molecule has 13 heavy (non-hydrogen) atoms. The van der Waals surface area contributed by atoms with E-state index in [1.807, 2.05) is 11.7 Å². The Kier molecular flexibility index (Phi) is 2.39. The van der Waals surface area contributed by atoms with Gasteiger partial charge in [-0.25, -0.2) is 0 Å². The summed E-state index contributed by atoms with van der Waals surface area (Å²) in [7, 11) is 0. The van der Waals surface area contributed by atoms with Gasteiger partial charge in [0.25, 0.3) is 0 Å². The van der Waals surface area contributed by atoms with Gasteiger partial charge in [-0.05, 0) is 18.4 Å². The topological polar surface area (TPSA) is 16.1 Å². The van der Waals surface area contributed by atoms with Gasteiger partial charge in [-0.15, -0.1) is 11.3 Å². The maximum Gasteiger partial charge on any atom is 0.0794 e. The van der Waals surface area contributed by atoms with E-state index in [0.29, 0.717) is 5.41 Å². The minimum Gasteiger partial charge on any atom is -0.298 e. The van der Waals surface area contributed by atoms with Gasteiger partial charge in [0.1, 0.15) is 0 Å². The van der Waals surface area contributed by atoms with Crippen LogP contribution in [0, 0.1) is 5.41 Å². The van der Waals surface area contributed by atoms with Crippen LogP contribution in [-0.4, -0.2) is 23.0 Å². The van der Waals surface area contributed by atoms with Crippen molar-refractivity contribution < 1.29 is 0 Å². The van der Waals surface area contributed by atoms with Crippen molar-refractivity contribution >= 4 is 11.3 Å². The average molecular weight is 196 g/mol. The lowest BCUT2D eigenvalue weighted by atomic mass is 9.93. The molecule has 1 aliphatic rings. The van der Waals surface area contributed by atoms with Crippen LogP contribution in [0.3, 0.4) is 0 Å². The summed E-state index contributed by atoms with van der Waals surface area (Å²) < 4.78 is 0. The SMILES string of the molecule is CC1(C)CCN(Cc2cncs2)C1. The summed E-state index contributed by atoms with van der Waals surface area (Å²) in [5, 5.41) is 0. The Hall–Kier alpha value is -0.410. The van der Waals surface area contributed by atoms with Gasteiger partial charge < -0.3 is 0 Å². The molecule has 1 fully saturated rings. The molecule has 1 aliphatic heterocycles. The van der Waals surface area contributed by atoms with E-state index in [2.05, 4.69) is 23.7 Å². The molecule has 3 heteroatoms. The molecule has 0 N–H and O–H groups in total. The van der Waals surface area contributed by atoms with Crippen LogP contribution in [0.2, 0.25) is 0 Å². The highest BCUT2D eigenvalue weighted by atomic mass is 32.1. The Balaban J connectivity index is 1.91. The van der Waals surface area contributed by atoms with Crippen molar-refractivity contribution in [3.05, 3.63) is 16.6 Å². The van der Waals surface area contributed by atoms with Crippen LogP contribution in [0.25, 0.3) is 0 Å². The monoisotopic (exact) mass is 196 g/mol. The van der Waals surface area contributed by atoms with Crippen LogP contribution < -0.4 is 0 Å². The summed E-state index contributed by atoms with van der Waals surface area (Å²) in [5.74, 6) is 0. The zero-order valence-corrected chi connectivity index (χ0v) is 9.10. The Bertz CT molecular complexity index is 266. The molecule has 72 valence electrons. The zero-order valence-electron chi connectivity index (χ0n) is 8.29. The van der Waals surface area contributed by atoms with E-state index in [1.54, 1.807) is 11.3 Å². The van der Waals surface area contributed by atoms with Crippen LogP contribution in [0.1, 0.15) is 25.1 Å². The molecule has 0 bridgehead atoms. The van der Waals surface area contributed by atoms with Crippen LogP contribution in [-0.2, 0) is 6.54 Å². The van der Waals surface area contributed by atoms with E-state index in [0.717, 1.165) is 6.54 Å². The first-order valence-electron chi connectivity index (χ1n) is 4.75. The van der Waals surface area contributed by atoms with Crippen molar-refractivity contribution in [2.24, 2.45) is 5.41 Å². The number of hydrogen-bond donors (Lipinski definition) is 0. The van der Waals surface area contributed by atoms with Crippen LogP contribution in [0.5, 0.6) is 0 Å². The third-order valence-electron chi connectivity index (χ3n) is 2.62. The average Bonchev–Trinajstić information content (AvgIpc) is 2.61. The molecule has 2 heterocycles. The molecule has 0 spiro atoms. The number of rotatable bonds is 2. The largest absolute Gasteiger partial charge is 0.298 e. The van der Waals surface area contributed by atoms with E-state index in [1.165, 1.54) is 24.4 Å². The van der Waals surface area contributed by atoms with Crippen LogP contribution in [0.4, 0.5) is 0 Å². The van der Waals surface area contributed by atoms with Gasteiger partial charge in [-0.2, -0.15) is 0 Å². The van der Waals surface area contributed by atoms with E-state index in [4.69, 9.17) is 0 Å². The van der Waals surface area contributed by atoms with Gasteiger partial charge in [0.2, 0.25) is 0 Å². The van der Waals surface area contributed by atoms with Crippen molar-refractivity contribution in [1.29, 1.82) is 0 Å². The first kappa shape index (κ1) is 9.16. The summed E-state index contributed by atoms with van der Waals surface area (Å²) in [6.07, 6.45) is 3.31. The van der Waals surface area contributed by atoms with Gasteiger partial charge in [0.05, 0.1) is 5.51 Å². The maximum absolute atomic E-state index is 4.09. The molecular formula is C10H16N2S. The fraction of sp³-hybridized carbons (Fsp3) is 0.700. The van der Waals surface area contributed by atoms with Crippen LogP contribution >= 0.6 is 11.3 Å². The third-order valence-corrected chi connectivity index (χ3v) is 3.38. The Labute approximate surface area is 83.6 Å². The van der Waals surface area contributed by atoms with Gasteiger partial charge in [-0.3, -0.25) is 9.88 Å². The first-order chi connectivity index (χ1) is 6.16. The lowest BCUT2D eigenvalue weighted by Gasteiger charge is -2.18. The summed E-state index contributed by atoms with van der Waals surface area (Å²) in [6.45, 7) is 8.25. The quantitative estimate of drug-likeness (QED) is 0.722. The third kappa shape index (κ3) is 2.29. The summed E-state index contributed by atoms with van der Waals surface area (Å²) in [6, 6.07) is 0. The van der Waals surface area contributed by atoms with Crippen molar-refractivity contribution in [2.75, 3.05) is 13.1 Å². The Morgan fingerprint density at radius 3 is 3.00 bits per heavy atom. The summed E-state index contributed by atoms with van der Waals surface area (Å²) in [4.78, 5) is 8.00. The van der Waals surface area contributed by atoms with E-state index >= 15 is 0 Å². The molecule has 0 unspecified atom stereocenters. The van der Waals surface area contributed by atoms with Crippen LogP contribution in [0.15, 0.2) is 11.7 Å². The smallest absolute Gasteiger partial charge is 0.0794 e. The fourth-order valence-corrected chi connectivity index (χ4v) is 2.54. The van der Waals surface area contributed by atoms with Gasteiger partial charge in [0, 0.05) is 24.2 Å². The van der Waals surface area contributed by atoms with E-state index < -0.39 is 0 Å². The highest BCUT2D eigenvalue weighted by Gasteiger charge is 2.28. The van der Waals surface area contributed by atoms with Gasteiger partial charge in [-0.1, -0.05) is 13.8 Å². The minimum atomic E-state index is 0.519. The molecule has 0 radical (unpaired) electrons. The lowest BCUT2D eigenvalue weighted by Crippen LogP contribution is -2.22. The number of likely N-dealkylation sites (tertiary alicyclic amines) is 1. The first-order valence-corrected chi connectivity index (χ1v) is 5.63. The second-order valence-corrected chi connectivity index (χ2v) is 5.56. The molecular weight excluding hydrogens is 180 g/mol. The van der Waals surface area contributed by atoms with Crippen molar-refractivity contribution in [1.82, 2.24) is 9.88 Å². The molecule has 2 nitrogen and oxygen atoms in total. The predicted octanol–water partition coefficient (Wildman–Crippen LogP) is 2.38. The minimum absolute atomic E-state index is 0.519. The predicted molar refractivity (Wildman–Crippen MR) is 55.8 cm³/mol. The highest BCUT2D eigenvalue weighted by Crippen LogP contribution is 2.29. The second-order valence-electron chi connectivity index (χ2n) is 4.59. The van der Waals surface area contributed by atoms with Crippen molar-refractivity contribution in [3.63, 3.8) is 0 Å². The molecule has 1 aromatic rings. The number of hydrogen-bond acceptors (Lipinski definition) is 3. The molecule has 0 amide bonds. The molecule has 0 saturated carbocycles. The standard InChI is InChI=1S/C10H16N2S/c1-10(2)3-4-12(7-10)6-9-5-11-8-13-9/h5,8H,3-4,6-7H2,1-2H3. The number of thiazole rings is 1. The highest BCUT2D eigenvalue weighted by molar-refractivity contribution is 7.09. The maximum atomic E-state index is 4.09. The number of aromatic nitrogens is 1. The fourth-order valence-electron chi connectivity index (χ4n) is 1.90. The van der Waals surface area contributed by atoms with E-state index in [9.17, 15) is 0 Å². The molecule has 0 aliphatic carbocycles. The van der Waals surface area contributed by atoms with Crippen molar-refractivity contribution in [3.8, 4) is 0 Å². The van der Waals surface area contributed by atoms with Gasteiger partial charge >= 0.3 is 0 Å². The molecule has 1 aromatic heterocycles. The Morgan fingerprint density at radius 2 is 2.46 bits per heavy atom. The van der Waals surface area contributed by atoms with E-state index in [-0.39, 0.29) is 0 Å². The number of nitrogens with zero attached hydrogens (tertiary/aromatic N) is 2. The summed E-state index contributed by atoms with van der Waals surface area (Å²) in [5.41, 5.74) is 2.43. The van der Waals surface area contributed by atoms with Crippen molar-refractivity contribution in [2.45, 2.75) is 26.8 Å². The molecule has 0 aromatic carbocycles. The normalized spacial score (nSPS) is 22.3. The summed E-state index contributed by atoms with van der Waals surface area (Å²) >= 11 is 1.76. The molecule has 2 rings (SSSR count). The molecule has 1 saturated heterocycles. The van der Waals surface area contributed by atoms with Gasteiger partial charge in [0.15, 0.2) is 0 Å². The Morgan fingerprint density at radius 1 is 1.62 bits per heavy atom. The lowest BCUT2D eigenvalue weighted by molar-refractivity contribution is 0.286. The second kappa shape index (κ2) is 3.39. The zero-order chi connectivity index (χ0) is 9.31.